The maximum absolute atomic E-state index is 11.9. The molecule has 1 saturated carbocycles. The zero-order valence-corrected chi connectivity index (χ0v) is 10.9. The van der Waals surface area contributed by atoms with Gasteiger partial charge in [0.15, 0.2) is 0 Å². The second-order valence-electron chi connectivity index (χ2n) is 5.65. The second-order valence-corrected chi connectivity index (χ2v) is 5.65. The molecule has 1 heterocycles. The van der Waals surface area contributed by atoms with Crippen LogP contribution in [0.1, 0.15) is 39.0 Å². The maximum Gasteiger partial charge on any atom is 0.222 e. The summed E-state index contributed by atoms with van der Waals surface area (Å²) in [5, 5.41) is 3.45. The molecule has 0 aromatic carbocycles. The monoisotopic (exact) mass is 236 g/mol. The van der Waals surface area contributed by atoms with E-state index in [1.165, 1.54) is 12.8 Å². The average molecular weight is 236 g/mol. The Morgan fingerprint density at radius 3 is 2.88 bits per heavy atom. The van der Waals surface area contributed by atoms with Gasteiger partial charge in [-0.3, -0.25) is 4.79 Å². The highest BCUT2D eigenvalue weighted by molar-refractivity contribution is 5.76. The molecule has 2 rings (SSSR count). The highest BCUT2D eigenvalue weighted by atomic mass is 16.2. The number of amides is 1. The van der Waals surface area contributed by atoms with Gasteiger partial charge in [0.1, 0.15) is 0 Å². The quantitative estimate of drug-likeness (QED) is 0.740. The molecule has 3 heteroatoms. The Labute approximate surface area is 104 Å². The summed E-state index contributed by atoms with van der Waals surface area (Å²) in [4.78, 5) is 13.9. The van der Waals surface area contributed by atoms with E-state index in [1.54, 1.807) is 0 Å². The lowest BCUT2D eigenvalue weighted by Gasteiger charge is -2.22. The van der Waals surface area contributed by atoms with E-state index in [1.807, 2.05) is 4.90 Å². The van der Waals surface area contributed by atoms with Crippen LogP contribution in [0.5, 0.6) is 0 Å². The fourth-order valence-corrected chi connectivity index (χ4v) is 2.24. The summed E-state index contributed by atoms with van der Waals surface area (Å²) >= 11 is 0. The number of carbonyl (C=O) groups excluding carboxylic acids is 1. The van der Waals surface area contributed by atoms with E-state index in [2.05, 4.69) is 18.8 Å². The van der Waals surface area contributed by atoms with Gasteiger partial charge in [-0.25, -0.2) is 0 Å². The second kappa shape index (κ2) is 5.67. The molecule has 1 aliphatic carbocycles. The molecular formula is C14H24N2O. The lowest BCUT2D eigenvalue weighted by molar-refractivity contribution is -0.130. The first kappa shape index (κ1) is 12.6. The highest BCUT2D eigenvalue weighted by Crippen LogP contribution is 2.20. The van der Waals surface area contributed by atoms with Gasteiger partial charge >= 0.3 is 0 Å². The molecule has 0 aromatic rings. The number of nitrogens with one attached hydrogen (secondary N) is 1. The van der Waals surface area contributed by atoms with Crippen molar-refractivity contribution in [2.24, 2.45) is 5.92 Å². The molecule has 0 spiro atoms. The summed E-state index contributed by atoms with van der Waals surface area (Å²) in [6.45, 7) is 8.82. The molecule has 1 N–H and O–H groups in total. The number of hydrogen-bond acceptors (Lipinski definition) is 2. The molecule has 1 amide bonds. The van der Waals surface area contributed by atoms with Crippen LogP contribution in [-0.4, -0.2) is 36.5 Å². The fraction of sp³-hybridized carbons (Fsp3) is 0.786. The van der Waals surface area contributed by atoms with Gasteiger partial charge in [0.2, 0.25) is 5.91 Å². The third kappa shape index (κ3) is 4.15. The maximum atomic E-state index is 11.9. The van der Waals surface area contributed by atoms with Crippen molar-refractivity contribution in [2.45, 2.75) is 45.1 Å². The minimum absolute atomic E-state index is 0.307. The third-order valence-electron chi connectivity index (χ3n) is 3.73. The van der Waals surface area contributed by atoms with Gasteiger partial charge in [-0.1, -0.05) is 13.5 Å². The average Bonchev–Trinajstić information content (AvgIpc) is 3.12. The Balaban J connectivity index is 1.75. The number of nitrogens with zero attached hydrogens (tertiary/aromatic N) is 1. The van der Waals surface area contributed by atoms with E-state index in [0.717, 1.165) is 38.0 Å². The van der Waals surface area contributed by atoms with Crippen molar-refractivity contribution < 1.29 is 4.79 Å². The highest BCUT2D eigenvalue weighted by Gasteiger charge is 2.22. The van der Waals surface area contributed by atoms with E-state index in [-0.39, 0.29) is 0 Å². The summed E-state index contributed by atoms with van der Waals surface area (Å²) in [6.07, 6.45) is 5.49. The molecule has 0 radical (unpaired) electrons. The number of hydrogen-bond donors (Lipinski definition) is 1. The summed E-state index contributed by atoms with van der Waals surface area (Å²) in [7, 11) is 0. The van der Waals surface area contributed by atoms with Crippen molar-refractivity contribution in [3.8, 4) is 0 Å². The van der Waals surface area contributed by atoms with Crippen LogP contribution in [0.2, 0.25) is 0 Å². The minimum atomic E-state index is 0.307. The Hall–Kier alpha value is -0.830. The number of rotatable bonds is 5. The van der Waals surface area contributed by atoms with Gasteiger partial charge in [0.25, 0.3) is 0 Å². The van der Waals surface area contributed by atoms with Crippen molar-refractivity contribution >= 4 is 5.91 Å². The van der Waals surface area contributed by atoms with Crippen molar-refractivity contribution in [3.63, 3.8) is 0 Å². The third-order valence-corrected chi connectivity index (χ3v) is 3.73. The first-order valence-electron chi connectivity index (χ1n) is 6.83. The Morgan fingerprint density at radius 2 is 2.18 bits per heavy atom. The van der Waals surface area contributed by atoms with Crippen LogP contribution in [0.25, 0.3) is 0 Å². The van der Waals surface area contributed by atoms with Gasteiger partial charge in [-0.05, 0) is 37.2 Å². The van der Waals surface area contributed by atoms with Crippen LogP contribution >= 0.6 is 0 Å². The molecule has 3 nitrogen and oxygen atoms in total. The van der Waals surface area contributed by atoms with Gasteiger partial charge in [0.05, 0.1) is 0 Å². The smallest absolute Gasteiger partial charge is 0.222 e. The van der Waals surface area contributed by atoms with Crippen molar-refractivity contribution in [2.75, 3.05) is 19.6 Å². The lowest BCUT2D eigenvalue weighted by Crippen LogP contribution is -2.34. The van der Waals surface area contributed by atoms with Crippen LogP contribution < -0.4 is 5.32 Å². The van der Waals surface area contributed by atoms with Gasteiger partial charge in [-0.2, -0.15) is 0 Å². The van der Waals surface area contributed by atoms with Crippen LogP contribution in [0, 0.1) is 5.92 Å². The first-order valence-corrected chi connectivity index (χ1v) is 6.83. The lowest BCUT2D eigenvalue weighted by atomic mass is 10.0. The molecule has 0 bridgehead atoms. The standard InChI is InChI=1S/C14H24N2O/c1-11-3-6-14(17)16(8-7-11)10-12(2)9-15-13-4-5-13/h11,13,15H,2-10H2,1H3. The van der Waals surface area contributed by atoms with E-state index in [0.29, 0.717) is 24.3 Å². The van der Waals surface area contributed by atoms with Crippen molar-refractivity contribution in [1.82, 2.24) is 10.2 Å². The first-order chi connectivity index (χ1) is 8.15. The summed E-state index contributed by atoms with van der Waals surface area (Å²) in [6, 6.07) is 0.714. The number of carbonyl (C=O) groups is 1. The molecule has 2 fully saturated rings. The summed E-state index contributed by atoms with van der Waals surface area (Å²) in [5.74, 6) is 0.990. The molecule has 0 aromatic heterocycles. The minimum Gasteiger partial charge on any atom is -0.339 e. The largest absolute Gasteiger partial charge is 0.339 e. The molecular weight excluding hydrogens is 212 g/mol. The zero-order valence-electron chi connectivity index (χ0n) is 10.9. The molecule has 17 heavy (non-hydrogen) atoms. The van der Waals surface area contributed by atoms with Crippen LogP contribution in [0.4, 0.5) is 0 Å². The van der Waals surface area contributed by atoms with E-state index in [9.17, 15) is 4.79 Å². The zero-order chi connectivity index (χ0) is 12.3. The van der Waals surface area contributed by atoms with Crippen molar-refractivity contribution in [1.29, 1.82) is 0 Å². The van der Waals surface area contributed by atoms with Gasteiger partial charge in [-0.15, -0.1) is 0 Å². The normalized spacial score (nSPS) is 25.8. The predicted octanol–water partition coefficient (Wildman–Crippen LogP) is 1.94. The van der Waals surface area contributed by atoms with E-state index >= 15 is 0 Å². The Bertz CT molecular complexity index is 297. The topological polar surface area (TPSA) is 32.3 Å². The summed E-state index contributed by atoms with van der Waals surface area (Å²) < 4.78 is 0. The number of likely N-dealkylation sites (tertiary alicyclic amines) is 1. The Kier molecular flexibility index (Phi) is 4.21. The van der Waals surface area contributed by atoms with E-state index in [4.69, 9.17) is 0 Å². The molecule has 1 aliphatic heterocycles. The van der Waals surface area contributed by atoms with Crippen LogP contribution in [0.15, 0.2) is 12.2 Å². The van der Waals surface area contributed by atoms with Crippen LogP contribution in [-0.2, 0) is 4.79 Å². The molecule has 2 aliphatic rings. The predicted molar refractivity (Wildman–Crippen MR) is 69.8 cm³/mol. The van der Waals surface area contributed by atoms with Crippen LogP contribution in [0.3, 0.4) is 0 Å². The summed E-state index contributed by atoms with van der Waals surface area (Å²) in [5.41, 5.74) is 1.14. The SMILES string of the molecule is C=C(CNC1CC1)CN1CCC(C)CCC1=O. The molecule has 96 valence electrons. The molecule has 1 atom stereocenters. The molecule has 1 unspecified atom stereocenters. The van der Waals surface area contributed by atoms with Gasteiger partial charge < -0.3 is 10.2 Å². The molecule has 1 saturated heterocycles. The van der Waals surface area contributed by atoms with Crippen molar-refractivity contribution in [3.05, 3.63) is 12.2 Å². The fourth-order valence-electron chi connectivity index (χ4n) is 2.24. The Morgan fingerprint density at radius 1 is 1.41 bits per heavy atom. The van der Waals surface area contributed by atoms with Gasteiger partial charge in [0, 0.05) is 32.1 Å². The van der Waals surface area contributed by atoms with E-state index < -0.39 is 0 Å².